The molecule has 3 amide bonds. The molecule has 0 spiro atoms. The predicted octanol–water partition coefficient (Wildman–Crippen LogP) is 2.56. The van der Waals surface area contributed by atoms with E-state index in [1.54, 1.807) is 4.90 Å². The van der Waals surface area contributed by atoms with Gasteiger partial charge in [0.25, 0.3) is 0 Å². The third-order valence-corrected chi connectivity index (χ3v) is 4.06. The van der Waals surface area contributed by atoms with E-state index in [9.17, 15) is 22.8 Å². The van der Waals surface area contributed by atoms with Gasteiger partial charge in [-0.15, -0.1) is 0 Å². The van der Waals surface area contributed by atoms with E-state index in [2.05, 4.69) is 10.6 Å². The van der Waals surface area contributed by atoms with Crippen LogP contribution >= 0.6 is 0 Å². The molecule has 0 aromatic heterocycles. The van der Waals surface area contributed by atoms with Crippen LogP contribution in [0.1, 0.15) is 30.4 Å². The molecule has 1 aromatic rings. The molecule has 2 rings (SSSR count). The second kappa shape index (κ2) is 8.73. The summed E-state index contributed by atoms with van der Waals surface area (Å²) in [5.41, 5.74) is 0.0159. The van der Waals surface area contributed by atoms with Crippen LogP contribution in [0.25, 0.3) is 0 Å². The zero-order chi connectivity index (χ0) is 18.3. The SMILES string of the molecule is O=C(NCCC(=O)N1CCCC1)NCCc1ccc(C(F)(F)F)cc1. The minimum atomic E-state index is -4.34. The van der Waals surface area contributed by atoms with Crippen LogP contribution in [0.15, 0.2) is 24.3 Å². The van der Waals surface area contributed by atoms with Crippen LogP contribution in [0.4, 0.5) is 18.0 Å². The summed E-state index contributed by atoms with van der Waals surface area (Å²) in [4.78, 5) is 25.2. The number of carbonyl (C=O) groups excluding carboxylic acids is 2. The van der Waals surface area contributed by atoms with E-state index in [0.717, 1.165) is 38.1 Å². The van der Waals surface area contributed by atoms with Crippen molar-refractivity contribution in [1.29, 1.82) is 0 Å². The van der Waals surface area contributed by atoms with E-state index in [4.69, 9.17) is 0 Å². The Morgan fingerprint density at radius 2 is 1.60 bits per heavy atom. The average Bonchev–Trinajstić information content (AvgIpc) is 3.09. The van der Waals surface area contributed by atoms with Gasteiger partial charge in [0.1, 0.15) is 0 Å². The molecule has 5 nitrogen and oxygen atoms in total. The van der Waals surface area contributed by atoms with Gasteiger partial charge in [0, 0.05) is 32.6 Å². The van der Waals surface area contributed by atoms with Crippen LogP contribution in [0.2, 0.25) is 0 Å². The van der Waals surface area contributed by atoms with E-state index >= 15 is 0 Å². The molecule has 0 unspecified atom stereocenters. The van der Waals surface area contributed by atoms with Gasteiger partial charge in [0.15, 0.2) is 0 Å². The van der Waals surface area contributed by atoms with Crippen LogP contribution in [0.3, 0.4) is 0 Å². The lowest BCUT2D eigenvalue weighted by molar-refractivity contribution is -0.137. The van der Waals surface area contributed by atoms with E-state index in [-0.39, 0.29) is 24.9 Å². The lowest BCUT2D eigenvalue weighted by Crippen LogP contribution is -2.39. The van der Waals surface area contributed by atoms with Gasteiger partial charge in [-0.25, -0.2) is 4.79 Å². The maximum atomic E-state index is 12.5. The number of halogens is 3. The van der Waals surface area contributed by atoms with Crippen LogP contribution in [0, 0.1) is 0 Å². The van der Waals surface area contributed by atoms with Crippen molar-refractivity contribution in [2.45, 2.75) is 31.9 Å². The first kappa shape index (κ1) is 19.1. The molecule has 1 fully saturated rings. The molecule has 1 aliphatic rings. The topological polar surface area (TPSA) is 61.4 Å². The fourth-order valence-corrected chi connectivity index (χ4v) is 2.65. The Balaban J connectivity index is 1.61. The number of urea groups is 1. The molecule has 0 aliphatic carbocycles. The van der Waals surface area contributed by atoms with Crippen molar-refractivity contribution in [3.63, 3.8) is 0 Å². The van der Waals surface area contributed by atoms with Crippen molar-refractivity contribution in [3.05, 3.63) is 35.4 Å². The van der Waals surface area contributed by atoms with Gasteiger partial charge in [-0.3, -0.25) is 4.79 Å². The summed E-state index contributed by atoms with van der Waals surface area (Å²) in [5, 5.41) is 5.23. The van der Waals surface area contributed by atoms with Gasteiger partial charge in [-0.2, -0.15) is 13.2 Å². The predicted molar refractivity (Wildman–Crippen MR) is 87.0 cm³/mol. The van der Waals surface area contributed by atoms with Gasteiger partial charge in [0.05, 0.1) is 5.56 Å². The van der Waals surface area contributed by atoms with E-state index in [1.807, 2.05) is 0 Å². The van der Waals surface area contributed by atoms with Crippen molar-refractivity contribution in [1.82, 2.24) is 15.5 Å². The maximum absolute atomic E-state index is 12.5. The third kappa shape index (κ3) is 6.28. The summed E-state index contributed by atoms with van der Waals surface area (Å²) in [5.74, 6) is 0.0440. The van der Waals surface area contributed by atoms with Crippen LogP contribution in [-0.4, -0.2) is 43.0 Å². The Morgan fingerprint density at radius 3 is 2.20 bits per heavy atom. The number of benzene rings is 1. The van der Waals surface area contributed by atoms with Crippen molar-refractivity contribution in [2.24, 2.45) is 0 Å². The molecular weight excluding hydrogens is 335 g/mol. The van der Waals surface area contributed by atoms with Gasteiger partial charge in [-0.05, 0) is 37.0 Å². The number of carbonyl (C=O) groups is 2. The second-order valence-electron chi connectivity index (χ2n) is 5.97. The highest BCUT2D eigenvalue weighted by atomic mass is 19.4. The molecule has 8 heteroatoms. The summed E-state index contributed by atoms with van der Waals surface area (Å²) in [7, 11) is 0. The highest BCUT2D eigenvalue weighted by molar-refractivity contribution is 5.78. The zero-order valence-corrected chi connectivity index (χ0v) is 13.9. The summed E-state index contributed by atoms with van der Waals surface area (Å²) in [6.45, 7) is 2.15. The monoisotopic (exact) mass is 357 g/mol. The van der Waals surface area contributed by atoms with Gasteiger partial charge in [-0.1, -0.05) is 12.1 Å². The number of rotatable bonds is 6. The number of nitrogens with one attached hydrogen (secondary N) is 2. The average molecular weight is 357 g/mol. The quantitative estimate of drug-likeness (QED) is 0.822. The van der Waals surface area contributed by atoms with E-state index in [0.29, 0.717) is 18.5 Å². The molecule has 1 heterocycles. The number of hydrogen-bond donors (Lipinski definition) is 2. The normalized spacial score (nSPS) is 14.4. The number of amides is 3. The summed E-state index contributed by atoms with van der Waals surface area (Å²) in [6.07, 6.45) is -1.58. The van der Waals surface area contributed by atoms with Crippen molar-refractivity contribution in [2.75, 3.05) is 26.2 Å². The summed E-state index contributed by atoms with van der Waals surface area (Å²) in [6, 6.07) is 4.47. The summed E-state index contributed by atoms with van der Waals surface area (Å²) >= 11 is 0. The lowest BCUT2D eigenvalue weighted by Gasteiger charge is -2.15. The van der Waals surface area contributed by atoms with Crippen LogP contribution in [-0.2, 0) is 17.4 Å². The first-order valence-corrected chi connectivity index (χ1v) is 8.32. The maximum Gasteiger partial charge on any atom is 0.416 e. The molecule has 0 radical (unpaired) electrons. The summed E-state index contributed by atoms with van der Waals surface area (Å²) < 4.78 is 37.4. The Hall–Kier alpha value is -2.25. The molecule has 0 bridgehead atoms. The molecular formula is C17H22F3N3O2. The highest BCUT2D eigenvalue weighted by Crippen LogP contribution is 2.29. The van der Waals surface area contributed by atoms with Gasteiger partial charge < -0.3 is 15.5 Å². The minimum absolute atomic E-state index is 0.0440. The number of likely N-dealkylation sites (tertiary alicyclic amines) is 1. The lowest BCUT2D eigenvalue weighted by atomic mass is 10.1. The number of hydrogen-bond acceptors (Lipinski definition) is 2. The third-order valence-electron chi connectivity index (χ3n) is 4.06. The molecule has 138 valence electrons. The smallest absolute Gasteiger partial charge is 0.343 e. The molecule has 25 heavy (non-hydrogen) atoms. The fraction of sp³-hybridized carbons (Fsp3) is 0.529. The molecule has 0 saturated carbocycles. The standard InChI is InChI=1S/C17H22F3N3O2/c18-17(19,20)14-5-3-13(4-6-14)7-9-21-16(25)22-10-8-15(24)23-11-1-2-12-23/h3-6H,1-2,7-12H2,(H2,21,22,25). The number of nitrogens with zero attached hydrogens (tertiary/aromatic N) is 1. The molecule has 2 N–H and O–H groups in total. The zero-order valence-electron chi connectivity index (χ0n) is 13.9. The molecule has 1 aliphatic heterocycles. The fourth-order valence-electron chi connectivity index (χ4n) is 2.65. The molecule has 1 aromatic carbocycles. The largest absolute Gasteiger partial charge is 0.416 e. The molecule has 1 saturated heterocycles. The first-order valence-electron chi connectivity index (χ1n) is 8.32. The van der Waals surface area contributed by atoms with Crippen molar-refractivity contribution < 1.29 is 22.8 Å². The van der Waals surface area contributed by atoms with Crippen molar-refractivity contribution >= 4 is 11.9 Å². The van der Waals surface area contributed by atoms with E-state index in [1.165, 1.54) is 12.1 Å². The Labute approximate surface area is 144 Å². The van der Waals surface area contributed by atoms with Crippen LogP contribution in [0.5, 0.6) is 0 Å². The number of alkyl halides is 3. The van der Waals surface area contributed by atoms with Crippen molar-refractivity contribution in [3.8, 4) is 0 Å². The highest BCUT2D eigenvalue weighted by Gasteiger charge is 2.29. The Bertz CT molecular complexity index is 582. The Kier molecular flexibility index (Phi) is 6.66. The van der Waals surface area contributed by atoms with Gasteiger partial charge >= 0.3 is 12.2 Å². The first-order chi connectivity index (χ1) is 11.9. The molecule has 0 atom stereocenters. The Morgan fingerprint density at radius 1 is 1.00 bits per heavy atom. The van der Waals surface area contributed by atoms with Crippen LogP contribution < -0.4 is 10.6 Å². The second-order valence-corrected chi connectivity index (χ2v) is 5.97. The minimum Gasteiger partial charge on any atom is -0.343 e. The van der Waals surface area contributed by atoms with Gasteiger partial charge in [0.2, 0.25) is 5.91 Å². The van der Waals surface area contributed by atoms with E-state index < -0.39 is 11.7 Å².